The van der Waals surface area contributed by atoms with Crippen molar-refractivity contribution in [2.45, 2.75) is 19.4 Å². The molecular formula is C11H13ClO2. The van der Waals surface area contributed by atoms with Gasteiger partial charge in [0, 0.05) is 13.0 Å². The Morgan fingerprint density at radius 2 is 2.00 bits per heavy atom. The molecule has 0 bridgehead atoms. The highest BCUT2D eigenvalue weighted by Gasteiger charge is 1.96. The van der Waals surface area contributed by atoms with Gasteiger partial charge in [0.2, 0.25) is 5.24 Å². The van der Waals surface area contributed by atoms with E-state index in [9.17, 15) is 4.79 Å². The quantitative estimate of drug-likeness (QED) is 0.536. The van der Waals surface area contributed by atoms with Crippen LogP contribution in [0, 0.1) is 0 Å². The van der Waals surface area contributed by atoms with E-state index < -0.39 is 0 Å². The summed E-state index contributed by atoms with van der Waals surface area (Å²) in [4.78, 5) is 10.4. The van der Waals surface area contributed by atoms with E-state index in [0.29, 0.717) is 26.1 Å². The Kier molecular flexibility index (Phi) is 5.27. The summed E-state index contributed by atoms with van der Waals surface area (Å²) in [5, 5.41) is -0.298. The van der Waals surface area contributed by atoms with Crippen LogP contribution in [0.25, 0.3) is 0 Å². The van der Waals surface area contributed by atoms with Crippen LogP contribution in [0.15, 0.2) is 30.3 Å². The lowest BCUT2D eigenvalue weighted by molar-refractivity contribution is -0.112. The molecule has 0 aliphatic rings. The van der Waals surface area contributed by atoms with Crippen LogP contribution in [0.1, 0.15) is 18.4 Å². The van der Waals surface area contributed by atoms with Gasteiger partial charge in [0.15, 0.2) is 0 Å². The van der Waals surface area contributed by atoms with Gasteiger partial charge in [-0.25, -0.2) is 0 Å². The zero-order chi connectivity index (χ0) is 10.2. The summed E-state index contributed by atoms with van der Waals surface area (Å²) < 4.78 is 5.36. The zero-order valence-electron chi connectivity index (χ0n) is 7.91. The van der Waals surface area contributed by atoms with Crippen molar-refractivity contribution in [1.29, 1.82) is 0 Å². The zero-order valence-corrected chi connectivity index (χ0v) is 8.67. The molecule has 1 rings (SSSR count). The van der Waals surface area contributed by atoms with E-state index in [4.69, 9.17) is 16.3 Å². The molecule has 76 valence electrons. The lowest BCUT2D eigenvalue weighted by Gasteiger charge is -2.02. The molecule has 1 aromatic carbocycles. The summed E-state index contributed by atoms with van der Waals surface area (Å²) in [5.74, 6) is 0. The number of rotatable bonds is 6. The molecule has 1 aromatic rings. The molecule has 0 amide bonds. The topological polar surface area (TPSA) is 26.3 Å². The SMILES string of the molecule is O=C(Cl)CCCOCc1ccccc1. The predicted molar refractivity (Wildman–Crippen MR) is 56.2 cm³/mol. The van der Waals surface area contributed by atoms with Crippen molar-refractivity contribution in [2.75, 3.05) is 6.61 Å². The van der Waals surface area contributed by atoms with Crippen molar-refractivity contribution in [3.63, 3.8) is 0 Å². The van der Waals surface area contributed by atoms with Crippen LogP contribution in [0.3, 0.4) is 0 Å². The van der Waals surface area contributed by atoms with Crippen LogP contribution in [0.5, 0.6) is 0 Å². The van der Waals surface area contributed by atoms with E-state index >= 15 is 0 Å². The fourth-order valence-electron chi connectivity index (χ4n) is 1.08. The third kappa shape index (κ3) is 5.00. The van der Waals surface area contributed by atoms with Gasteiger partial charge in [0.25, 0.3) is 0 Å². The third-order valence-corrected chi connectivity index (χ3v) is 1.96. The molecule has 2 nitrogen and oxygen atoms in total. The Morgan fingerprint density at radius 1 is 1.29 bits per heavy atom. The Bertz CT molecular complexity index is 272. The first-order chi connectivity index (χ1) is 6.79. The number of halogens is 1. The predicted octanol–water partition coefficient (Wildman–Crippen LogP) is 2.75. The number of ether oxygens (including phenoxy) is 1. The minimum Gasteiger partial charge on any atom is -0.377 e. The lowest BCUT2D eigenvalue weighted by Crippen LogP contribution is -1.97. The fraction of sp³-hybridized carbons (Fsp3) is 0.364. The Balaban J connectivity index is 2.08. The van der Waals surface area contributed by atoms with Crippen molar-refractivity contribution in [3.8, 4) is 0 Å². The van der Waals surface area contributed by atoms with Crippen molar-refractivity contribution in [3.05, 3.63) is 35.9 Å². The van der Waals surface area contributed by atoms with Gasteiger partial charge in [-0.15, -0.1) is 0 Å². The fourth-order valence-corrected chi connectivity index (χ4v) is 1.21. The summed E-state index contributed by atoms with van der Waals surface area (Å²) in [7, 11) is 0. The summed E-state index contributed by atoms with van der Waals surface area (Å²) in [6.07, 6.45) is 1.07. The third-order valence-electron chi connectivity index (χ3n) is 1.77. The van der Waals surface area contributed by atoms with Gasteiger partial charge in [0.05, 0.1) is 6.61 Å². The molecule has 14 heavy (non-hydrogen) atoms. The summed E-state index contributed by atoms with van der Waals surface area (Å²) in [5.41, 5.74) is 1.14. The maximum Gasteiger partial charge on any atom is 0.221 e. The normalized spacial score (nSPS) is 10.1. The number of hydrogen-bond acceptors (Lipinski definition) is 2. The second kappa shape index (κ2) is 6.57. The van der Waals surface area contributed by atoms with E-state index in [1.165, 1.54) is 0 Å². The summed E-state index contributed by atoms with van der Waals surface area (Å²) in [6.45, 7) is 1.17. The maximum absolute atomic E-state index is 10.4. The molecule has 0 aromatic heterocycles. The molecule has 0 saturated heterocycles. The largest absolute Gasteiger partial charge is 0.377 e. The number of carbonyl (C=O) groups excluding carboxylic acids is 1. The van der Waals surface area contributed by atoms with Crippen LogP contribution in [0.2, 0.25) is 0 Å². The van der Waals surface area contributed by atoms with E-state index in [0.717, 1.165) is 5.56 Å². The molecule has 0 atom stereocenters. The molecule has 0 heterocycles. The average molecular weight is 213 g/mol. The van der Waals surface area contributed by atoms with E-state index in [1.807, 2.05) is 30.3 Å². The second-order valence-corrected chi connectivity index (χ2v) is 3.42. The summed E-state index contributed by atoms with van der Waals surface area (Å²) >= 11 is 5.18. The summed E-state index contributed by atoms with van der Waals surface area (Å²) in [6, 6.07) is 9.93. The van der Waals surface area contributed by atoms with Gasteiger partial charge in [-0.1, -0.05) is 30.3 Å². The molecular weight excluding hydrogens is 200 g/mol. The average Bonchev–Trinajstić information content (AvgIpc) is 2.18. The van der Waals surface area contributed by atoms with Crippen molar-refractivity contribution in [2.24, 2.45) is 0 Å². The van der Waals surface area contributed by atoms with Gasteiger partial charge in [-0.3, -0.25) is 4.79 Å². The lowest BCUT2D eigenvalue weighted by atomic mass is 10.2. The molecule has 0 aliphatic carbocycles. The van der Waals surface area contributed by atoms with Crippen molar-refractivity contribution < 1.29 is 9.53 Å². The van der Waals surface area contributed by atoms with Crippen molar-refractivity contribution in [1.82, 2.24) is 0 Å². The molecule has 0 radical (unpaired) electrons. The van der Waals surface area contributed by atoms with Crippen molar-refractivity contribution >= 4 is 16.8 Å². The van der Waals surface area contributed by atoms with Gasteiger partial charge in [-0.05, 0) is 23.6 Å². The van der Waals surface area contributed by atoms with Crippen LogP contribution in [0.4, 0.5) is 0 Å². The molecule has 3 heteroatoms. The van der Waals surface area contributed by atoms with E-state index in [1.54, 1.807) is 0 Å². The van der Waals surface area contributed by atoms with Gasteiger partial charge < -0.3 is 4.74 Å². The van der Waals surface area contributed by atoms with Crippen LogP contribution in [-0.4, -0.2) is 11.8 Å². The highest BCUT2D eigenvalue weighted by Crippen LogP contribution is 2.02. The maximum atomic E-state index is 10.4. The minimum absolute atomic E-state index is 0.298. The Hall–Kier alpha value is -0.860. The standard InChI is InChI=1S/C11H13ClO2/c12-11(13)7-4-8-14-9-10-5-2-1-3-6-10/h1-3,5-6H,4,7-9H2. The molecule has 0 spiro atoms. The monoisotopic (exact) mass is 212 g/mol. The van der Waals surface area contributed by atoms with Gasteiger partial charge in [0.1, 0.15) is 0 Å². The number of benzene rings is 1. The van der Waals surface area contributed by atoms with Gasteiger partial charge in [-0.2, -0.15) is 0 Å². The molecule has 0 saturated carbocycles. The highest BCUT2D eigenvalue weighted by atomic mass is 35.5. The first-order valence-electron chi connectivity index (χ1n) is 4.59. The van der Waals surface area contributed by atoms with Gasteiger partial charge >= 0.3 is 0 Å². The Labute approximate surface area is 88.8 Å². The van der Waals surface area contributed by atoms with Crippen LogP contribution in [-0.2, 0) is 16.1 Å². The van der Waals surface area contributed by atoms with E-state index in [2.05, 4.69) is 0 Å². The van der Waals surface area contributed by atoms with Crippen LogP contribution >= 0.6 is 11.6 Å². The second-order valence-electron chi connectivity index (χ2n) is 3.00. The van der Waals surface area contributed by atoms with Crippen LogP contribution < -0.4 is 0 Å². The first-order valence-corrected chi connectivity index (χ1v) is 4.97. The Morgan fingerprint density at radius 3 is 2.64 bits per heavy atom. The number of hydrogen-bond donors (Lipinski definition) is 0. The molecule has 0 unspecified atom stereocenters. The molecule has 0 fully saturated rings. The minimum atomic E-state index is -0.298. The molecule has 0 aliphatic heterocycles. The smallest absolute Gasteiger partial charge is 0.221 e. The van der Waals surface area contributed by atoms with E-state index in [-0.39, 0.29) is 5.24 Å². The highest BCUT2D eigenvalue weighted by molar-refractivity contribution is 6.63. The number of carbonyl (C=O) groups is 1. The first kappa shape index (κ1) is 11.2. The molecule has 0 N–H and O–H groups in total.